The maximum atomic E-state index is 12.4. The molecule has 20 heavy (non-hydrogen) atoms. The summed E-state index contributed by atoms with van der Waals surface area (Å²) in [6, 6.07) is -0.182. The Morgan fingerprint density at radius 1 is 1.45 bits per heavy atom. The molecular formula is C14H26N2O3S. The van der Waals surface area contributed by atoms with Gasteiger partial charge in [0.05, 0.1) is 11.5 Å². The molecular weight excluding hydrogens is 276 g/mol. The van der Waals surface area contributed by atoms with Gasteiger partial charge in [0, 0.05) is 19.0 Å². The summed E-state index contributed by atoms with van der Waals surface area (Å²) in [5, 5.41) is 3.38. The summed E-state index contributed by atoms with van der Waals surface area (Å²) in [4.78, 5) is 14.1. The number of carbonyl (C=O) groups excluding carboxylic acids is 1. The molecule has 0 radical (unpaired) electrons. The summed E-state index contributed by atoms with van der Waals surface area (Å²) in [7, 11) is -2.95. The predicted molar refractivity (Wildman–Crippen MR) is 79.2 cm³/mol. The van der Waals surface area contributed by atoms with Gasteiger partial charge >= 0.3 is 0 Å². The van der Waals surface area contributed by atoms with Crippen molar-refractivity contribution in [3.63, 3.8) is 0 Å². The predicted octanol–water partition coefficient (Wildman–Crippen LogP) is 0.658. The molecule has 0 aliphatic carbocycles. The van der Waals surface area contributed by atoms with Crippen LogP contribution in [0.1, 0.15) is 33.1 Å². The minimum absolute atomic E-state index is 0.109. The van der Waals surface area contributed by atoms with E-state index < -0.39 is 9.84 Å². The standard InChI is InChI=1S/C14H26N2O3S/c1-11(13-4-3-5-15-9-13)8-14(17)16-6-7-20(18,19)10-12(16)2/h11-13,15H,3-10H2,1-2H3. The van der Waals surface area contributed by atoms with Gasteiger partial charge < -0.3 is 10.2 Å². The first kappa shape index (κ1) is 15.8. The minimum atomic E-state index is -2.95. The Hall–Kier alpha value is -0.620. The van der Waals surface area contributed by atoms with Gasteiger partial charge in [-0.25, -0.2) is 8.42 Å². The number of nitrogens with one attached hydrogen (secondary N) is 1. The zero-order valence-corrected chi connectivity index (χ0v) is 13.3. The van der Waals surface area contributed by atoms with Crippen LogP contribution in [-0.2, 0) is 14.6 Å². The van der Waals surface area contributed by atoms with Gasteiger partial charge in [-0.3, -0.25) is 4.79 Å². The molecule has 2 aliphatic rings. The van der Waals surface area contributed by atoms with Crippen LogP contribution in [0.3, 0.4) is 0 Å². The molecule has 2 saturated heterocycles. The Morgan fingerprint density at radius 2 is 2.20 bits per heavy atom. The fourth-order valence-corrected chi connectivity index (χ4v) is 4.85. The third kappa shape index (κ3) is 3.95. The second-order valence-electron chi connectivity index (χ2n) is 6.34. The first-order valence-corrected chi connectivity index (χ1v) is 9.42. The highest BCUT2D eigenvalue weighted by Crippen LogP contribution is 2.24. The Balaban J connectivity index is 1.88. The SMILES string of the molecule is CC(CC(=O)N1CCS(=O)(=O)CC1C)C1CCCNC1. The molecule has 0 aromatic rings. The van der Waals surface area contributed by atoms with Gasteiger partial charge in [0.1, 0.15) is 0 Å². The summed E-state index contributed by atoms with van der Waals surface area (Å²) in [6.07, 6.45) is 2.91. The van der Waals surface area contributed by atoms with E-state index in [2.05, 4.69) is 12.2 Å². The summed E-state index contributed by atoms with van der Waals surface area (Å²) in [5.41, 5.74) is 0. The van der Waals surface area contributed by atoms with Crippen molar-refractivity contribution in [2.24, 2.45) is 11.8 Å². The normalized spacial score (nSPS) is 31.8. The minimum Gasteiger partial charge on any atom is -0.338 e. The van der Waals surface area contributed by atoms with E-state index in [-0.39, 0.29) is 23.5 Å². The van der Waals surface area contributed by atoms with Gasteiger partial charge in [-0.2, -0.15) is 0 Å². The number of amides is 1. The molecule has 2 aliphatic heterocycles. The van der Waals surface area contributed by atoms with Crippen molar-refractivity contribution in [3.05, 3.63) is 0 Å². The molecule has 1 N–H and O–H groups in total. The van der Waals surface area contributed by atoms with Gasteiger partial charge in [-0.1, -0.05) is 6.92 Å². The number of rotatable bonds is 3. The van der Waals surface area contributed by atoms with Crippen molar-refractivity contribution >= 4 is 15.7 Å². The van der Waals surface area contributed by atoms with E-state index in [1.165, 1.54) is 12.8 Å². The first-order valence-electron chi connectivity index (χ1n) is 7.59. The van der Waals surface area contributed by atoms with Crippen molar-refractivity contribution in [1.29, 1.82) is 0 Å². The van der Waals surface area contributed by atoms with Crippen LogP contribution in [0.4, 0.5) is 0 Å². The van der Waals surface area contributed by atoms with Crippen LogP contribution >= 0.6 is 0 Å². The van der Waals surface area contributed by atoms with Gasteiger partial charge in [0.15, 0.2) is 9.84 Å². The van der Waals surface area contributed by atoms with E-state index in [4.69, 9.17) is 0 Å². The Labute approximate surface area is 122 Å². The third-order valence-electron chi connectivity index (χ3n) is 4.63. The van der Waals surface area contributed by atoms with E-state index in [9.17, 15) is 13.2 Å². The highest BCUT2D eigenvalue weighted by Gasteiger charge is 2.32. The van der Waals surface area contributed by atoms with E-state index >= 15 is 0 Å². The number of hydrogen-bond donors (Lipinski definition) is 1. The van der Waals surface area contributed by atoms with Crippen LogP contribution < -0.4 is 5.32 Å². The lowest BCUT2D eigenvalue weighted by Crippen LogP contribution is -2.50. The molecule has 0 aromatic carbocycles. The highest BCUT2D eigenvalue weighted by molar-refractivity contribution is 7.91. The number of carbonyl (C=O) groups is 1. The number of nitrogens with zero attached hydrogens (tertiary/aromatic N) is 1. The van der Waals surface area contributed by atoms with Gasteiger partial charge in [-0.05, 0) is 44.7 Å². The van der Waals surface area contributed by atoms with Crippen LogP contribution in [-0.4, -0.2) is 56.4 Å². The summed E-state index contributed by atoms with van der Waals surface area (Å²) < 4.78 is 23.1. The molecule has 0 aromatic heterocycles. The zero-order chi connectivity index (χ0) is 14.8. The molecule has 0 spiro atoms. The van der Waals surface area contributed by atoms with Crippen LogP contribution in [0.5, 0.6) is 0 Å². The van der Waals surface area contributed by atoms with Crippen LogP contribution in [0.15, 0.2) is 0 Å². The van der Waals surface area contributed by atoms with Gasteiger partial charge in [0.2, 0.25) is 5.91 Å². The molecule has 116 valence electrons. The molecule has 0 saturated carbocycles. The van der Waals surface area contributed by atoms with Crippen molar-refractivity contribution in [3.8, 4) is 0 Å². The summed E-state index contributed by atoms with van der Waals surface area (Å²) >= 11 is 0. The molecule has 2 heterocycles. The maximum absolute atomic E-state index is 12.4. The molecule has 3 unspecified atom stereocenters. The molecule has 2 rings (SSSR count). The summed E-state index contributed by atoms with van der Waals surface area (Å²) in [6.45, 7) is 6.41. The fraction of sp³-hybridized carbons (Fsp3) is 0.929. The van der Waals surface area contributed by atoms with Crippen molar-refractivity contribution in [1.82, 2.24) is 10.2 Å². The lowest BCUT2D eigenvalue weighted by atomic mass is 9.85. The zero-order valence-electron chi connectivity index (χ0n) is 12.5. The van der Waals surface area contributed by atoms with Crippen LogP contribution in [0.2, 0.25) is 0 Å². The summed E-state index contributed by atoms with van der Waals surface area (Å²) in [5.74, 6) is 1.27. The lowest BCUT2D eigenvalue weighted by molar-refractivity contribution is -0.134. The molecule has 6 heteroatoms. The van der Waals surface area contributed by atoms with E-state index in [0.29, 0.717) is 24.8 Å². The van der Waals surface area contributed by atoms with E-state index in [1.54, 1.807) is 4.90 Å². The largest absolute Gasteiger partial charge is 0.338 e. The van der Waals surface area contributed by atoms with Crippen molar-refractivity contribution < 1.29 is 13.2 Å². The lowest BCUT2D eigenvalue weighted by Gasteiger charge is -2.35. The molecule has 1 amide bonds. The average Bonchev–Trinajstić information content (AvgIpc) is 2.38. The van der Waals surface area contributed by atoms with Gasteiger partial charge in [0.25, 0.3) is 0 Å². The fourth-order valence-electron chi connectivity index (χ4n) is 3.29. The molecule has 0 bridgehead atoms. The second kappa shape index (κ2) is 6.43. The quantitative estimate of drug-likeness (QED) is 0.831. The van der Waals surface area contributed by atoms with E-state index in [1.807, 2.05) is 6.92 Å². The smallest absolute Gasteiger partial charge is 0.223 e. The van der Waals surface area contributed by atoms with Crippen molar-refractivity contribution in [2.45, 2.75) is 39.2 Å². The molecule has 2 fully saturated rings. The Morgan fingerprint density at radius 3 is 2.80 bits per heavy atom. The number of sulfone groups is 1. The monoisotopic (exact) mass is 302 g/mol. The topological polar surface area (TPSA) is 66.5 Å². The van der Waals surface area contributed by atoms with Crippen molar-refractivity contribution in [2.75, 3.05) is 31.1 Å². The Bertz CT molecular complexity index is 443. The van der Waals surface area contributed by atoms with Crippen LogP contribution in [0, 0.1) is 11.8 Å². The number of piperidine rings is 1. The van der Waals surface area contributed by atoms with E-state index in [0.717, 1.165) is 13.1 Å². The Kier molecular flexibility index (Phi) is 5.07. The second-order valence-corrected chi connectivity index (χ2v) is 8.57. The maximum Gasteiger partial charge on any atom is 0.223 e. The molecule has 5 nitrogen and oxygen atoms in total. The van der Waals surface area contributed by atoms with Gasteiger partial charge in [-0.15, -0.1) is 0 Å². The third-order valence-corrected chi connectivity index (χ3v) is 6.42. The van der Waals surface area contributed by atoms with Crippen LogP contribution in [0.25, 0.3) is 0 Å². The molecule has 3 atom stereocenters. The first-order chi connectivity index (χ1) is 9.39. The average molecular weight is 302 g/mol. The highest BCUT2D eigenvalue weighted by atomic mass is 32.2. The number of hydrogen-bond acceptors (Lipinski definition) is 4.